The van der Waals surface area contributed by atoms with Crippen LogP contribution >= 0.6 is 23.2 Å². The summed E-state index contributed by atoms with van der Waals surface area (Å²) in [6.07, 6.45) is 1.63. The van der Waals surface area contributed by atoms with Gasteiger partial charge in [-0.2, -0.15) is 0 Å². The van der Waals surface area contributed by atoms with Crippen molar-refractivity contribution in [3.8, 4) is 11.3 Å². The molecule has 0 unspecified atom stereocenters. The molecule has 3 aromatic rings. The SMILES string of the molecule is CC(C)(CS(=O)(=O)Nc1ccc(C(=O)Nc2ccc(Cl)c(-c3ccccn3)c2)c(Cl)c1)C(=O)NO. The highest BCUT2D eigenvalue weighted by Gasteiger charge is 2.33. The minimum Gasteiger partial charge on any atom is -0.322 e. The lowest BCUT2D eigenvalue weighted by atomic mass is 9.96. The molecule has 0 aliphatic heterocycles. The van der Waals surface area contributed by atoms with E-state index in [1.807, 2.05) is 6.07 Å². The van der Waals surface area contributed by atoms with Crippen LogP contribution in [0.4, 0.5) is 11.4 Å². The Morgan fingerprint density at radius 2 is 1.71 bits per heavy atom. The highest BCUT2D eigenvalue weighted by molar-refractivity contribution is 7.92. The Balaban J connectivity index is 1.76. The molecule has 0 aliphatic rings. The second-order valence-electron chi connectivity index (χ2n) is 8.24. The second-order valence-corrected chi connectivity index (χ2v) is 10.8. The molecule has 1 aromatic heterocycles. The largest absolute Gasteiger partial charge is 0.322 e. The third-order valence-electron chi connectivity index (χ3n) is 4.92. The number of amides is 2. The molecule has 35 heavy (non-hydrogen) atoms. The van der Waals surface area contributed by atoms with Gasteiger partial charge in [-0.1, -0.05) is 29.3 Å². The fourth-order valence-corrected chi connectivity index (χ4v) is 5.31. The van der Waals surface area contributed by atoms with E-state index < -0.39 is 33.0 Å². The van der Waals surface area contributed by atoms with Crippen molar-refractivity contribution < 1.29 is 23.2 Å². The molecule has 0 atom stereocenters. The first-order chi connectivity index (χ1) is 16.4. The number of pyridine rings is 1. The van der Waals surface area contributed by atoms with Crippen LogP contribution in [-0.2, 0) is 14.8 Å². The zero-order valence-electron chi connectivity index (χ0n) is 18.7. The first-order valence-electron chi connectivity index (χ1n) is 10.2. The van der Waals surface area contributed by atoms with Crippen LogP contribution in [0, 0.1) is 5.41 Å². The van der Waals surface area contributed by atoms with Crippen LogP contribution in [0.15, 0.2) is 60.8 Å². The number of nitrogens with one attached hydrogen (secondary N) is 3. The van der Waals surface area contributed by atoms with E-state index in [9.17, 15) is 18.0 Å². The van der Waals surface area contributed by atoms with Gasteiger partial charge in [0.05, 0.1) is 32.5 Å². The smallest absolute Gasteiger partial charge is 0.257 e. The van der Waals surface area contributed by atoms with Crippen LogP contribution in [0.3, 0.4) is 0 Å². The lowest BCUT2D eigenvalue weighted by molar-refractivity contribution is -0.136. The van der Waals surface area contributed by atoms with E-state index in [1.54, 1.807) is 36.5 Å². The van der Waals surface area contributed by atoms with Crippen molar-refractivity contribution in [2.45, 2.75) is 13.8 Å². The molecule has 0 aliphatic carbocycles. The standard InChI is InChI=1S/C23H22Cl2N4O5S/c1-23(2,22(31)28-32)13-35(33,34)29-15-6-8-16(19(25)12-15)21(30)27-14-7-9-18(24)17(11-14)20-5-3-4-10-26-20/h3-12,29,32H,13H2,1-2H3,(H,27,30)(H,28,31). The number of carbonyl (C=O) groups excluding carboxylic acids is 2. The van der Waals surface area contributed by atoms with Crippen molar-refractivity contribution in [2.24, 2.45) is 5.41 Å². The first kappa shape index (κ1) is 26.4. The van der Waals surface area contributed by atoms with Crippen molar-refractivity contribution in [1.82, 2.24) is 10.5 Å². The molecule has 12 heteroatoms. The Hall–Kier alpha value is -3.18. The predicted octanol–water partition coefficient (Wildman–Crippen LogP) is 4.58. The van der Waals surface area contributed by atoms with Crippen molar-refractivity contribution in [3.05, 3.63) is 76.4 Å². The normalized spacial score (nSPS) is 11.6. The number of anilines is 2. The molecule has 0 saturated carbocycles. The second kappa shape index (κ2) is 10.6. The topological polar surface area (TPSA) is 137 Å². The van der Waals surface area contributed by atoms with Gasteiger partial charge in [0.2, 0.25) is 15.9 Å². The Morgan fingerprint density at radius 3 is 2.34 bits per heavy atom. The summed E-state index contributed by atoms with van der Waals surface area (Å²) in [7, 11) is -3.98. The predicted molar refractivity (Wildman–Crippen MR) is 135 cm³/mol. The molecular weight excluding hydrogens is 515 g/mol. The summed E-state index contributed by atoms with van der Waals surface area (Å²) in [6, 6.07) is 14.4. The fourth-order valence-electron chi connectivity index (χ4n) is 3.19. The maximum absolute atomic E-state index is 12.8. The van der Waals surface area contributed by atoms with Gasteiger partial charge in [0.25, 0.3) is 5.91 Å². The number of nitrogens with zero attached hydrogens (tertiary/aromatic N) is 1. The van der Waals surface area contributed by atoms with Crippen molar-refractivity contribution >= 4 is 56.4 Å². The van der Waals surface area contributed by atoms with Gasteiger partial charge < -0.3 is 5.32 Å². The number of carbonyl (C=O) groups is 2. The average Bonchev–Trinajstić information content (AvgIpc) is 2.79. The zero-order chi connectivity index (χ0) is 25.8. The molecule has 1 heterocycles. The number of aromatic nitrogens is 1. The van der Waals surface area contributed by atoms with Crippen molar-refractivity contribution in [1.29, 1.82) is 0 Å². The van der Waals surface area contributed by atoms with Crippen molar-refractivity contribution in [2.75, 3.05) is 15.8 Å². The third kappa shape index (κ3) is 6.70. The Kier molecular flexibility index (Phi) is 8.01. The quantitative estimate of drug-likeness (QED) is 0.245. The molecule has 2 amide bonds. The molecule has 3 rings (SSSR count). The van der Waals surface area contributed by atoms with E-state index in [0.717, 1.165) is 0 Å². The number of hydrogen-bond acceptors (Lipinski definition) is 6. The molecular formula is C23H22Cl2N4O5S. The lowest BCUT2D eigenvalue weighted by Gasteiger charge is -2.22. The summed E-state index contributed by atoms with van der Waals surface area (Å²) in [5, 5.41) is 12.0. The van der Waals surface area contributed by atoms with Crippen LogP contribution in [0.2, 0.25) is 10.0 Å². The van der Waals surface area contributed by atoms with E-state index in [2.05, 4.69) is 15.0 Å². The number of rotatable bonds is 8. The van der Waals surface area contributed by atoms with Gasteiger partial charge in [-0.05, 0) is 62.4 Å². The highest BCUT2D eigenvalue weighted by Crippen LogP contribution is 2.30. The third-order valence-corrected chi connectivity index (χ3v) is 7.21. The summed E-state index contributed by atoms with van der Waals surface area (Å²) < 4.78 is 27.3. The van der Waals surface area contributed by atoms with E-state index in [-0.39, 0.29) is 16.3 Å². The van der Waals surface area contributed by atoms with Crippen LogP contribution < -0.4 is 15.5 Å². The Morgan fingerprint density at radius 1 is 1.00 bits per heavy atom. The molecule has 0 saturated heterocycles. The van der Waals surface area contributed by atoms with E-state index in [4.69, 9.17) is 28.4 Å². The van der Waals surface area contributed by atoms with Gasteiger partial charge in [0, 0.05) is 23.1 Å². The van der Waals surface area contributed by atoms with Crippen LogP contribution in [0.5, 0.6) is 0 Å². The first-order valence-corrected chi connectivity index (χ1v) is 12.6. The summed E-state index contributed by atoms with van der Waals surface area (Å²) >= 11 is 12.5. The molecule has 184 valence electrons. The van der Waals surface area contributed by atoms with Gasteiger partial charge >= 0.3 is 0 Å². The van der Waals surface area contributed by atoms with Crippen LogP contribution in [0.1, 0.15) is 24.2 Å². The monoisotopic (exact) mass is 536 g/mol. The molecule has 0 spiro atoms. The maximum Gasteiger partial charge on any atom is 0.257 e. The minimum atomic E-state index is -3.98. The van der Waals surface area contributed by atoms with Crippen LogP contribution in [-0.4, -0.2) is 36.2 Å². The Labute approximate surface area is 212 Å². The van der Waals surface area contributed by atoms with Gasteiger partial charge in [0.1, 0.15) is 0 Å². The van der Waals surface area contributed by atoms with Crippen LogP contribution in [0.25, 0.3) is 11.3 Å². The van der Waals surface area contributed by atoms with E-state index >= 15 is 0 Å². The summed E-state index contributed by atoms with van der Waals surface area (Å²) in [4.78, 5) is 28.8. The molecule has 4 N–H and O–H groups in total. The van der Waals surface area contributed by atoms with Gasteiger partial charge in [-0.3, -0.25) is 24.5 Å². The number of halogens is 2. The summed E-state index contributed by atoms with van der Waals surface area (Å²) in [5.74, 6) is -1.96. The fraction of sp³-hybridized carbons (Fsp3) is 0.174. The minimum absolute atomic E-state index is 0.00831. The molecule has 2 aromatic carbocycles. The van der Waals surface area contributed by atoms with E-state index in [1.165, 1.54) is 37.5 Å². The molecule has 0 bridgehead atoms. The number of sulfonamides is 1. The van der Waals surface area contributed by atoms with E-state index in [0.29, 0.717) is 22.0 Å². The summed E-state index contributed by atoms with van der Waals surface area (Å²) in [6.45, 7) is 2.74. The van der Waals surface area contributed by atoms with Gasteiger partial charge in [-0.25, -0.2) is 13.9 Å². The Bertz CT molecular complexity index is 1370. The number of benzene rings is 2. The molecule has 0 fully saturated rings. The average molecular weight is 537 g/mol. The van der Waals surface area contributed by atoms with Crippen molar-refractivity contribution in [3.63, 3.8) is 0 Å². The molecule has 0 radical (unpaired) electrons. The highest BCUT2D eigenvalue weighted by atomic mass is 35.5. The van der Waals surface area contributed by atoms with Gasteiger partial charge in [-0.15, -0.1) is 0 Å². The lowest BCUT2D eigenvalue weighted by Crippen LogP contribution is -2.41. The summed E-state index contributed by atoms with van der Waals surface area (Å²) in [5.41, 5.74) is 2.02. The van der Waals surface area contributed by atoms with Gasteiger partial charge in [0.15, 0.2) is 0 Å². The zero-order valence-corrected chi connectivity index (χ0v) is 21.0. The maximum atomic E-state index is 12.8. The number of hydroxylamine groups is 1. The molecule has 9 nitrogen and oxygen atoms in total. The number of hydrogen-bond donors (Lipinski definition) is 4.